The molecule has 1 rings (SSSR count). The molecule has 104 valence electrons. The van der Waals surface area contributed by atoms with E-state index in [1.54, 1.807) is 12.1 Å². The molecule has 5 heteroatoms. The molecular weight excluding hydrogens is 258 g/mol. The lowest BCUT2D eigenvalue weighted by molar-refractivity contribution is -0.117. The lowest BCUT2D eigenvalue weighted by Crippen LogP contribution is -2.36. The van der Waals surface area contributed by atoms with E-state index < -0.39 is 0 Å². The maximum absolute atomic E-state index is 12.0. The van der Waals surface area contributed by atoms with Gasteiger partial charge in [0.15, 0.2) is 0 Å². The van der Waals surface area contributed by atoms with E-state index >= 15 is 0 Å². The Bertz CT molecular complexity index is 462. The summed E-state index contributed by atoms with van der Waals surface area (Å²) in [7, 11) is 1.94. The molecule has 19 heavy (non-hydrogen) atoms. The molecule has 0 spiro atoms. The van der Waals surface area contributed by atoms with Crippen molar-refractivity contribution >= 4 is 28.8 Å². The fourth-order valence-corrected chi connectivity index (χ4v) is 1.87. The van der Waals surface area contributed by atoms with Gasteiger partial charge in [-0.2, -0.15) is 0 Å². The summed E-state index contributed by atoms with van der Waals surface area (Å²) in [6.07, 6.45) is 1.01. The minimum atomic E-state index is -0.0634. The monoisotopic (exact) mass is 279 g/mol. The molecule has 1 aromatic rings. The van der Waals surface area contributed by atoms with Crippen LogP contribution >= 0.6 is 12.2 Å². The summed E-state index contributed by atoms with van der Waals surface area (Å²) in [4.78, 5) is 14.3. The number of carbonyl (C=O) groups excluding carboxylic acids is 1. The van der Waals surface area contributed by atoms with Crippen molar-refractivity contribution in [3.05, 3.63) is 29.8 Å². The summed E-state index contributed by atoms with van der Waals surface area (Å²) in [5, 5.41) is 2.85. The zero-order chi connectivity index (χ0) is 14.4. The molecule has 1 amide bonds. The molecule has 1 unspecified atom stereocenters. The van der Waals surface area contributed by atoms with Crippen molar-refractivity contribution in [2.24, 2.45) is 5.73 Å². The van der Waals surface area contributed by atoms with Crippen molar-refractivity contribution in [2.45, 2.75) is 26.3 Å². The topological polar surface area (TPSA) is 58.4 Å². The number of nitrogens with one attached hydrogen (secondary N) is 1. The second-order valence-electron chi connectivity index (χ2n) is 4.63. The predicted octanol–water partition coefficient (Wildman–Crippen LogP) is 1.99. The quantitative estimate of drug-likeness (QED) is 0.782. The average molecular weight is 279 g/mol. The van der Waals surface area contributed by atoms with Crippen LogP contribution in [0.2, 0.25) is 0 Å². The summed E-state index contributed by atoms with van der Waals surface area (Å²) in [5.74, 6) is -0.0634. The van der Waals surface area contributed by atoms with E-state index in [9.17, 15) is 4.79 Å². The Kier molecular flexibility index (Phi) is 5.92. The summed E-state index contributed by atoms with van der Waals surface area (Å²) >= 11 is 4.97. The van der Waals surface area contributed by atoms with Gasteiger partial charge in [-0.1, -0.05) is 31.3 Å². The third-order valence-corrected chi connectivity index (χ3v) is 3.42. The lowest BCUT2D eigenvalue weighted by atomic mass is 10.1. The second-order valence-corrected chi connectivity index (χ2v) is 5.07. The van der Waals surface area contributed by atoms with Gasteiger partial charge in [0.2, 0.25) is 5.91 Å². The number of amides is 1. The molecule has 0 saturated heterocycles. The highest BCUT2D eigenvalue weighted by atomic mass is 32.1. The van der Waals surface area contributed by atoms with Gasteiger partial charge >= 0.3 is 0 Å². The Balaban J connectivity index is 2.70. The zero-order valence-corrected chi connectivity index (χ0v) is 12.5. The van der Waals surface area contributed by atoms with Gasteiger partial charge < -0.3 is 11.1 Å². The first kappa shape index (κ1) is 15.6. The van der Waals surface area contributed by atoms with Crippen molar-refractivity contribution in [2.75, 3.05) is 18.9 Å². The highest BCUT2D eigenvalue weighted by Gasteiger charge is 2.13. The minimum Gasteiger partial charge on any atom is -0.389 e. The fraction of sp³-hybridized carbons (Fsp3) is 0.429. The summed E-state index contributed by atoms with van der Waals surface area (Å²) in [5.41, 5.74) is 6.99. The Morgan fingerprint density at radius 3 is 2.68 bits per heavy atom. The van der Waals surface area contributed by atoms with E-state index in [0.717, 1.165) is 6.42 Å². The molecule has 0 saturated carbocycles. The normalized spacial score (nSPS) is 12.2. The van der Waals surface area contributed by atoms with Crippen molar-refractivity contribution in [1.29, 1.82) is 0 Å². The van der Waals surface area contributed by atoms with Crippen LogP contribution in [0.5, 0.6) is 0 Å². The van der Waals surface area contributed by atoms with Gasteiger partial charge in [-0.15, -0.1) is 0 Å². The van der Waals surface area contributed by atoms with E-state index in [1.165, 1.54) is 0 Å². The van der Waals surface area contributed by atoms with E-state index in [0.29, 0.717) is 23.8 Å². The number of para-hydroxylation sites is 1. The maximum atomic E-state index is 12.0. The first-order valence-corrected chi connectivity index (χ1v) is 6.75. The third-order valence-electron chi connectivity index (χ3n) is 3.20. The van der Waals surface area contributed by atoms with Crippen LogP contribution in [-0.2, 0) is 4.79 Å². The largest absolute Gasteiger partial charge is 0.389 e. The number of nitrogens with two attached hydrogens (primary N) is 1. The van der Waals surface area contributed by atoms with E-state index in [-0.39, 0.29) is 10.9 Å². The fourth-order valence-electron chi connectivity index (χ4n) is 1.69. The number of hydrogen-bond acceptors (Lipinski definition) is 3. The van der Waals surface area contributed by atoms with Gasteiger partial charge in [0, 0.05) is 11.6 Å². The predicted molar refractivity (Wildman–Crippen MR) is 83.3 cm³/mol. The molecule has 0 aliphatic heterocycles. The highest BCUT2D eigenvalue weighted by molar-refractivity contribution is 7.80. The van der Waals surface area contributed by atoms with Crippen LogP contribution in [0.3, 0.4) is 0 Å². The average Bonchev–Trinajstić information content (AvgIpc) is 2.37. The molecule has 4 nitrogen and oxygen atoms in total. The van der Waals surface area contributed by atoms with Gasteiger partial charge in [0.05, 0.1) is 12.2 Å². The SMILES string of the molecule is CCC(C)N(C)CC(=O)Nc1ccccc1C(N)=S. The first-order chi connectivity index (χ1) is 8.95. The van der Waals surface area contributed by atoms with Crippen LogP contribution in [0, 0.1) is 0 Å². The lowest BCUT2D eigenvalue weighted by Gasteiger charge is -2.22. The van der Waals surface area contributed by atoms with Crippen molar-refractivity contribution in [3.8, 4) is 0 Å². The number of nitrogens with zero attached hydrogens (tertiary/aromatic N) is 1. The van der Waals surface area contributed by atoms with Gasteiger partial charge in [-0.05, 0) is 32.5 Å². The van der Waals surface area contributed by atoms with Crippen LogP contribution in [0.4, 0.5) is 5.69 Å². The molecule has 0 aliphatic rings. The maximum Gasteiger partial charge on any atom is 0.238 e. The molecule has 0 aliphatic carbocycles. The van der Waals surface area contributed by atoms with Crippen molar-refractivity contribution in [1.82, 2.24) is 4.90 Å². The van der Waals surface area contributed by atoms with Gasteiger partial charge in [-0.25, -0.2) is 0 Å². The zero-order valence-electron chi connectivity index (χ0n) is 11.6. The number of carbonyl (C=O) groups is 1. The number of benzene rings is 1. The molecule has 0 aromatic heterocycles. The molecule has 0 heterocycles. The number of hydrogen-bond donors (Lipinski definition) is 2. The Morgan fingerprint density at radius 2 is 2.11 bits per heavy atom. The van der Waals surface area contributed by atoms with E-state index in [4.69, 9.17) is 18.0 Å². The van der Waals surface area contributed by atoms with Crippen LogP contribution < -0.4 is 11.1 Å². The standard InChI is InChI=1S/C14H21N3OS/c1-4-10(2)17(3)9-13(18)16-12-8-6-5-7-11(12)14(15)19/h5-8,10H,4,9H2,1-3H3,(H2,15,19)(H,16,18). The molecule has 0 bridgehead atoms. The van der Waals surface area contributed by atoms with Crippen LogP contribution in [-0.4, -0.2) is 35.4 Å². The summed E-state index contributed by atoms with van der Waals surface area (Å²) in [6.45, 7) is 4.54. The van der Waals surface area contributed by atoms with E-state index in [2.05, 4.69) is 19.2 Å². The molecule has 1 atom stereocenters. The van der Waals surface area contributed by atoms with Crippen LogP contribution in [0.25, 0.3) is 0 Å². The van der Waals surface area contributed by atoms with Crippen molar-refractivity contribution in [3.63, 3.8) is 0 Å². The Morgan fingerprint density at radius 1 is 1.47 bits per heavy atom. The molecule has 1 aromatic carbocycles. The smallest absolute Gasteiger partial charge is 0.238 e. The number of likely N-dealkylation sites (N-methyl/N-ethyl adjacent to an activating group) is 1. The number of anilines is 1. The van der Waals surface area contributed by atoms with Gasteiger partial charge in [0.1, 0.15) is 4.99 Å². The van der Waals surface area contributed by atoms with Gasteiger partial charge in [0.25, 0.3) is 0 Å². The number of thiocarbonyl (C=S) groups is 1. The van der Waals surface area contributed by atoms with Crippen LogP contribution in [0.15, 0.2) is 24.3 Å². The summed E-state index contributed by atoms with van der Waals surface area (Å²) < 4.78 is 0. The molecular formula is C14H21N3OS. The second kappa shape index (κ2) is 7.21. The van der Waals surface area contributed by atoms with Crippen molar-refractivity contribution < 1.29 is 4.79 Å². The van der Waals surface area contributed by atoms with Gasteiger partial charge in [-0.3, -0.25) is 9.69 Å². The third kappa shape index (κ3) is 4.61. The Hall–Kier alpha value is -1.46. The molecule has 0 fully saturated rings. The first-order valence-electron chi connectivity index (χ1n) is 6.34. The van der Waals surface area contributed by atoms with E-state index in [1.807, 2.05) is 24.1 Å². The number of rotatable bonds is 6. The highest BCUT2D eigenvalue weighted by Crippen LogP contribution is 2.14. The minimum absolute atomic E-state index is 0.0634. The summed E-state index contributed by atoms with van der Waals surface area (Å²) in [6, 6.07) is 7.66. The molecule has 3 N–H and O–H groups in total. The molecule has 0 radical (unpaired) electrons. The van der Waals surface area contributed by atoms with Crippen LogP contribution in [0.1, 0.15) is 25.8 Å². The Labute approximate surface area is 120 Å².